The lowest BCUT2D eigenvalue weighted by atomic mass is 9.82. The van der Waals surface area contributed by atoms with Gasteiger partial charge in [0.15, 0.2) is 23.0 Å². The van der Waals surface area contributed by atoms with Crippen LogP contribution in [-0.2, 0) is 5.41 Å². The number of benzene rings is 7. The van der Waals surface area contributed by atoms with Crippen LogP contribution >= 0.6 is 0 Å². The summed E-state index contributed by atoms with van der Waals surface area (Å²) in [5.74, 6) is 2.89. The topological polar surface area (TPSA) is 31.4 Å². The molecule has 0 atom stereocenters. The molecular formula is C50H35NO2. The maximum atomic E-state index is 7.06. The monoisotopic (exact) mass is 681 g/mol. The van der Waals surface area contributed by atoms with E-state index in [-0.39, 0.29) is 5.41 Å². The third kappa shape index (κ3) is 5.24. The summed E-state index contributed by atoms with van der Waals surface area (Å²) < 4.78 is 13.7. The molecule has 0 N–H and O–H groups in total. The molecule has 0 fully saturated rings. The number of aromatic nitrogens is 1. The Kier molecular flexibility index (Phi) is 7.16. The molecule has 1 aliphatic carbocycles. The number of ether oxygens (including phenoxy) is 2. The van der Waals surface area contributed by atoms with Gasteiger partial charge in [-0.15, -0.1) is 0 Å². The summed E-state index contributed by atoms with van der Waals surface area (Å²) in [4.78, 5) is 5.33. The largest absolute Gasteiger partial charge is 0.449 e. The lowest BCUT2D eigenvalue weighted by Crippen LogP contribution is -2.15. The zero-order valence-corrected chi connectivity index (χ0v) is 29.5. The molecule has 7 aromatic carbocycles. The standard InChI is InChI=1S/C50H35NO2/c1-50(2)41-24-10-9-22-40(41)47-42(50)26-27-46-49(47)53-48-39(23-13-25-45(48)52-46)38-30-43(36-20-11-18-34(28-36)32-14-5-3-6-15-32)51-44(31-38)37-21-12-19-35(29-37)33-16-7-4-8-17-33/h3-31H,1-2H3. The van der Waals surface area contributed by atoms with E-state index < -0.39 is 0 Å². The van der Waals surface area contributed by atoms with Crippen molar-refractivity contribution < 1.29 is 9.47 Å². The lowest BCUT2D eigenvalue weighted by Gasteiger charge is -2.26. The second-order valence-corrected chi connectivity index (χ2v) is 14.3. The maximum absolute atomic E-state index is 7.06. The van der Waals surface area contributed by atoms with Gasteiger partial charge in [0.25, 0.3) is 0 Å². The quantitative estimate of drug-likeness (QED) is 0.181. The van der Waals surface area contributed by atoms with Crippen LogP contribution in [0.25, 0.3) is 67.0 Å². The van der Waals surface area contributed by atoms with Crippen molar-refractivity contribution in [2.24, 2.45) is 0 Å². The molecule has 3 nitrogen and oxygen atoms in total. The van der Waals surface area contributed by atoms with Crippen LogP contribution in [0.3, 0.4) is 0 Å². The van der Waals surface area contributed by atoms with Gasteiger partial charge in [0.1, 0.15) is 0 Å². The molecule has 10 rings (SSSR count). The Bertz CT molecular complexity index is 2590. The third-order valence-corrected chi connectivity index (χ3v) is 10.7. The fourth-order valence-corrected chi connectivity index (χ4v) is 8.03. The Morgan fingerprint density at radius 3 is 1.57 bits per heavy atom. The number of pyridine rings is 1. The van der Waals surface area contributed by atoms with Crippen LogP contribution < -0.4 is 9.47 Å². The SMILES string of the molecule is CC1(C)c2ccccc2-c2c1ccc1c2Oc2c(cccc2-c2cc(-c3cccc(-c4ccccc4)c3)nc(-c3cccc(-c4ccccc4)c3)c2)O1. The zero-order chi connectivity index (χ0) is 35.5. The molecule has 2 aliphatic rings. The minimum Gasteiger partial charge on any atom is -0.449 e. The van der Waals surface area contributed by atoms with Crippen LogP contribution in [0.1, 0.15) is 25.0 Å². The smallest absolute Gasteiger partial charge is 0.178 e. The van der Waals surface area contributed by atoms with Crippen LogP contribution in [-0.4, -0.2) is 4.98 Å². The second-order valence-electron chi connectivity index (χ2n) is 14.3. The van der Waals surface area contributed by atoms with E-state index in [9.17, 15) is 0 Å². The predicted octanol–water partition coefficient (Wildman–Crippen LogP) is 13.6. The highest BCUT2D eigenvalue weighted by atomic mass is 16.6. The minimum atomic E-state index is -0.151. The molecule has 1 aliphatic heterocycles. The van der Waals surface area contributed by atoms with E-state index in [1.807, 2.05) is 24.3 Å². The summed E-state index contributed by atoms with van der Waals surface area (Å²) in [6, 6.07) is 61.6. The van der Waals surface area contributed by atoms with E-state index in [1.165, 1.54) is 27.8 Å². The molecule has 0 bridgehead atoms. The van der Waals surface area contributed by atoms with Gasteiger partial charge in [-0.2, -0.15) is 0 Å². The first-order valence-corrected chi connectivity index (χ1v) is 18.1. The van der Waals surface area contributed by atoms with E-state index in [0.29, 0.717) is 11.5 Å². The Morgan fingerprint density at radius 2 is 0.906 bits per heavy atom. The molecular weight excluding hydrogens is 647 g/mol. The van der Waals surface area contributed by atoms with E-state index in [2.05, 4.69) is 166 Å². The Labute approximate surface area is 309 Å². The first kappa shape index (κ1) is 31.1. The van der Waals surface area contributed by atoms with Gasteiger partial charge < -0.3 is 9.47 Å². The van der Waals surface area contributed by atoms with Gasteiger partial charge >= 0.3 is 0 Å². The van der Waals surface area contributed by atoms with Gasteiger partial charge in [0.2, 0.25) is 0 Å². The van der Waals surface area contributed by atoms with Crippen molar-refractivity contribution in [2.45, 2.75) is 19.3 Å². The van der Waals surface area contributed by atoms with Crippen molar-refractivity contribution in [1.82, 2.24) is 4.98 Å². The van der Waals surface area contributed by atoms with Crippen LogP contribution in [0.2, 0.25) is 0 Å². The highest BCUT2D eigenvalue weighted by Gasteiger charge is 2.39. The fourth-order valence-electron chi connectivity index (χ4n) is 8.03. The van der Waals surface area contributed by atoms with Crippen molar-refractivity contribution in [3.05, 3.63) is 187 Å². The predicted molar refractivity (Wildman–Crippen MR) is 216 cm³/mol. The molecule has 0 saturated carbocycles. The molecule has 0 spiro atoms. The summed E-state index contributed by atoms with van der Waals surface area (Å²) in [5, 5.41) is 0. The van der Waals surface area contributed by atoms with Gasteiger partial charge in [-0.05, 0) is 80.9 Å². The van der Waals surface area contributed by atoms with E-state index in [0.717, 1.165) is 61.8 Å². The average molecular weight is 682 g/mol. The Hall–Kier alpha value is -6.71. The van der Waals surface area contributed by atoms with Crippen LogP contribution in [0, 0.1) is 0 Å². The van der Waals surface area contributed by atoms with Crippen molar-refractivity contribution in [3.63, 3.8) is 0 Å². The number of fused-ring (bicyclic) bond motifs is 6. The number of para-hydroxylation sites is 1. The van der Waals surface area contributed by atoms with Crippen LogP contribution in [0.15, 0.2) is 176 Å². The summed E-state index contributed by atoms with van der Waals surface area (Å²) in [7, 11) is 0. The van der Waals surface area contributed by atoms with Crippen LogP contribution in [0.4, 0.5) is 0 Å². The Balaban J connectivity index is 1.14. The number of rotatable bonds is 5. The molecule has 8 aromatic rings. The maximum Gasteiger partial charge on any atom is 0.178 e. The summed E-state index contributed by atoms with van der Waals surface area (Å²) >= 11 is 0. The minimum absolute atomic E-state index is 0.151. The van der Waals surface area contributed by atoms with E-state index in [4.69, 9.17) is 14.5 Å². The molecule has 0 saturated heterocycles. The summed E-state index contributed by atoms with van der Waals surface area (Å²) in [5.41, 5.74) is 15.1. The fraction of sp³-hybridized carbons (Fsp3) is 0.0600. The molecule has 53 heavy (non-hydrogen) atoms. The van der Waals surface area contributed by atoms with Crippen molar-refractivity contribution in [2.75, 3.05) is 0 Å². The number of hydrogen-bond acceptors (Lipinski definition) is 3. The zero-order valence-electron chi connectivity index (χ0n) is 29.5. The molecule has 0 radical (unpaired) electrons. The first-order valence-electron chi connectivity index (χ1n) is 18.1. The highest BCUT2D eigenvalue weighted by molar-refractivity contribution is 5.90. The summed E-state index contributed by atoms with van der Waals surface area (Å²) in [6.45, 7) is 4.57. The van der Waals surface area contributed by atoms with Crippen molar-refractivity contribution in [3.8, 4) is 90.0 Å². The average Bonchev–Trinajstić information content (AvgIpc) is 3.46. The molecule has 3 heteroatoms. The molecule has 2 heterocycles. The molecule has 0 amide bonds. The number of hydrogen-bond donors (Lipinski definition) is 0. The molecule has 0 unspecified atom stereocenters. The van der Waals surface area contributed by atoms with E-state index in [1.54, 1.807) is 0 Å². The highest BCUT2D eigenvalue weighted by Crippen LogP contribution is 2.59. The van der Waals surface area contributed by atoms with Gasteiger partial charge in [-0.1, -0.05) is 153 Å². The van der Waals surface area contributed by atoms with Gasteiger partial charge in [-0.3, -0.25) is 0 Å². The van der Waals surface area contributed by atoms with Crippen molar-refractivity contribution in [1.29, 1.82) is 0 Å². The van der Waals surface area contributed by atoms with E-state index >= 15 is 0 Å². The number of nitrogens with zero attached hydrogens (tertiary/aromatic N) is 1. The Morgan fingerprint density at radius 1 is 0.377 bits per heavy atom. The summed E-state index contributed by atoms with van der Waals surface area (Å²) in [6.07, 6.45) is 0. The third-order valence-electron chi connectivity index (χ3n) is 10.7. The van der Waals surface area contributed by atoms with Gasteiger partial charge in [0.05, 0.1) is 11.4 Å². The van der Waals surface area contributed by atoms with Gasteiger partial charge in [-0.25, -0.2) is 4.98 Å². The second kappa shape index (κ2) is 12.2. The lowest BCUT2D eigenvalue weighted by molar-refractivity contribution is 0.361. The van der Waals surface area contributed by atoms with Gasteiger partial charge in [0, 0.05) is 27.7 Å². The molecule has 1 aromatic heterocycles. The first-order chi connectivity index (χ1) is 26.0. The molecule has 252 valence electrons. The van der Waals surface area contributed by atoms with Crippen LogP contribution in [0.5, 0.6) is 23.0 Å². The van der Waals surface area contributed by atoms with Crippen molar-refractivity contribution >= 4 is 0 Å². The normalized spacial score (nSPS) is 13.2.